The molecule has 2 N–H and O–H groups in total. The SMILES string of the molecule is OC1(CNC2CCc3cccnc32)CCOCC1. The molecule has 1 saturated heterocycles. The van der Waals surface area contributed by atoms with Gasteiger partial charge < -0.3 is 15.2 Å². The van der Waals surface area contributed by atoms with Gasteiger partial charge >= 0.3 is 0 Å². The summed E-state index contributed by atoms with van der Waals surface area (Å²) >= 11 is 0. The van der Waals surface area contributed by atoms with Crippen LogP contribution < -0.4 is 5.32 Å². The van der Waals surface area contributed by atoms with E-state index in [4.69, 9.17) is 4.74 Å². The molecule has 2 aliphatic rings. The summed E-state index contributed by atoms with van der Waals surface area (Å²) in [5.74, 6) is 0. The molecular formula is C14H20N2O2. The van der Waals surface area contributed by atoms with Crippen molar-refractivity contribution in [1.82, 2.24) is 10.3 Å². The zero-order valence-electron chi connectivity index (χ0n) is 10.6. The zero-order valence-corrected chi connectivity index (χ0v) is 10.6. The standard InChI is InChI=1S/C14H20N2O2/c17-14(5-8-18-9-6-14)10-16-12-4-3-11-2-1-7-15-13(11)12/h1-2,7,12,16-17H,3-6,8-10H2. The first-order valence-corrected chi connectivity index (χ1v) is 6.74. The molecule has 0 amide bonds. The maximum Gasteiger partial charge on any atom is 0.0815 e. The fourth-order valence-corrected chi connectivity index (χ4v) is 2.85. The first kappa shape index (κ1) is 12.1. The third-order valence-corrected chi connectivity index (χ3v) is 4.06. The normalized spacial score (nSPS) is 25.9. The molecule has 0 radical (unpaired) electrons. The van der Waals surface area contributed by atoms with Crippen molar-refractivity contribution >= 4 is 0 Å². The van der Waals surface area contributed by atoms with Crippen LogP contribution in [-0.2, 0) is 11.2 Å². The van der Waals surface area contributed by atoms with Crippen molar-refractivity contribution in [2.24, 2.45) is 0 Å². The number of hydrogen-bond donors (Lipinski definition) is 2. The van der Waals surface area contributed by atoms with Crippen molar-refractivity contribution in [3.05, 3.63) is 29.6 Å². The van der Waals surface area contributed by atoms with E-state index >= 15 is 0 Å². The lowest BCUT2D eigenvalue weighted by Crippen LogP contribution is -2.45. The molecule has 0 saturated carbocycles. The maximum atomic E-state index is 10.4. The highest BCUT2D eigenvalue weighted by atomic mass is 16.5. The second-order valence-electron chi connectivity index (χ2n) is 5.36. The molecule has 0 bridgehead atoms. The first-order valence-electron chi connectivity index (χ1n) is 6.74. The van der Waals surface area contributed by atoms with E-state index in [0.29, 0.717) is 25.8 Å². The minimum Gasteiger partial charge on any atom is -0.388 e. The Kier molecular flexibility index (Phi) is 3.33. The Labute approximate surface area is 107 Å². The molecule has 0 spiro atoms. The minimum absolute atomic E-state index is 0.299. The number of fused-ring (bicyclic) bond motifs is 1. The van der Waals surface area contributed by atoms with Crippen molar-refractivity contribution in [3.8, 4) is 0 Å². The predicted octanol–water partition coefficient (Wildman–Crippen LogP) is 1.20. The van der Waals surface area contributed by atoms with Crippen LogP contribution in [0.1, 0.15) is 36.6 Å². The van der Waals surface area contributed by atoms with E-state index in [0.717, 1.165) is 31.4 Å². The monoisotopic (exact) mass is 248 g/mol. The van der Waals surface area contributed by atoms with E-state index in [-0.39, 0.29) is 0 Å². The summed E-state index contributed by atoms with van der Waals surface area (Å²) in [5, 5.41) is 13.9. The molecule has 1 aromatic heterocycles. The zero-order chi connectivity index (χ0) is 12.4. The number of aromatic nitrogens is 1. The van der Waals surface area contributed by atoms with Gasteiger partial charge in [-0.2, -0.15) is 0 Å². The number of rotatable bonds is 3. The number of pyridine rings is 1. The first-order chi connectivity index (χ1) is 8.77. The van der Waals surface area contributed by atoms with Crippen LogP contribution in [0.5, 0.6) is 0 Å². The van der Waals surface area contributed by atoms with E-state index in [1.165, 1.54) is 5.56 Å². The van der Waals surface area contributed by atoms with Crippen molar-refractivity contribution in [2.45, 2.75) is 37.3 Å². The van der Waals surface area contributed by atoms with Gasteiger partial charge in [0.2, 0.25) is 0 Å². The molecule has 1 fully saturated rings. The van der Waals surface area contributed by atoms with E-state index in [9.17, 15) is 5.11 Å². The molecule has 18 heavy (non-hydrogen) atoms. The lowest BCUT2D eigenvalue weighted by atomic mass is 9.94. The third kappa shape index (κ3) is 2.41. The summed E-state index contributed by atoms with van der Waals surface area (Å²) in [6.45, 7) is 1.96. The van der Waals surface area contributed by atoms with Crippen molar-refractivity contribution in [3.63, 3.8) is 0 Å². The summed E-state index contributed by atoms with van der Waals surface area (Å²) in [5.41, 5.74) is 1.90. The van der Waals surface area contributed by atoms with Crippen LogP contribution in [0.25, 0.3) is 0 Å². The van der Waals surface area contributed by atoms with Gasteiger partial charge in [0, 0.05) is 38.8 Å². The van der Waals surface area contributed by atoms with Gasteiger partial charge in [-0.05, 0) is 24.5 Å². The number of nitrogens with one attached hydrogen (secondary N) is 1. The van der Waals surface area contributed by atoms with Crippen LogP contribution in [0, 0.1) is 0 Å². The fourth-order valence-electron chi connectivity index (χ4n) is 2.85. The van der Waals surface area contributed by atoms with E-state index in [1.807, 2.05) is 12.3 Å². The smallest absolute Gasteiger partial charge is 0.0815 e. The van der Waals surface area contributed by atoms with Gasteiger partial charge in [-0.15, -0.1) is 0 Å². The lowest BCUT2D eigenvalue weighted by Gasteiger charge is -2.33. The summed E-state index contributed by atoms with van der Waals surface area (Å²) in [6.07, 6.45) is 5.47. The summed E-state index contributed by atoms with van der Waals surface area (Å²) < 4.78 is 5.29. The quantitative estimate of drug-likeness (QED) is 0.844. The molecule has 4 nitrogen and oxygen atoms in total. The van der Waals surface area contributed by atoms with Crippen molar-refractivity contribution in [1.29, 1.82) is 0 Å². The van der Waals surface area contributed by atoms with Crippen molar-refractivity contribution in [2.75, 3.05) is 19.8 Å². The second kappa shape index (κ2) is 4.96. The highest BCUT2D eigenvalue weighted by Gasteiger charge is 2.32. The minimum atomic E-state index is -0.601. The molecule has 1 unspecified atom stereocenters. The molecule has 1 aliphatic heterocycles. The van der Waals surface area contributed by atoms with E-state index in [1.54, 1.807) is 0 Å². The Morgan fingerprint density at radius 1 is 1.44 bits per heavy atom. The Morgan fingerprint density at radius 2 is 2.28 bits per heavy atom. The Hall–Kier alpha value is -0.970. The Bertz CT molecular complexity index is 416. The van der Waals surface area contributed by atoms with Crippen LogP contribution in [-0.4, -0.2) is 35.5 Å². The molecule has 0 aromatic carbocycles. The van der Waals surface area contributed by atoms with Gasteiger partial charge in [-0.25, -0.2) is 0 Å². The van der Waals surface area contributed by atoms with Crippen molar-refractivity contribution < 1.29 is 9.84 Å². The lowest BCUT2D eigenvalue weighted by molar-refractivity contribution is -0.0628. The number of aliphatic hydroxyl groups is 1. The molecule has 4 heteroatoms. The van der Waals surface area contributed by atoms with Gasteiger partial charge in [0.25, 0.3) is 0 Å². The van der Waals surface area contributed by atoms with Gasteiger partial charge in [-0.1, -0.05) is 6.07 Å². The molecule has 1 aromatic rings. The molecular weight excluding hydrogens is 228 g/mol. The van der Waals surface area contributed by atoms with E-state index < -0.39 is 5.60 Å². The largest absolute Gasteiger partial charge is 0.388 e. The highest BCUT2D eigenvalue weighted by Crippen LogP contribution is 2.30. The number of ether oxygens (including phenoxy) is 1. The summed E-state index contributed by atoms with van der Waals surface area (Å²) in [4.78, 5) is 4.46. The van der Waals surface area contributed by atoms with Crippen LogP contribution in [0.15, 0.2) is 18.3 Å². The van der Waals surface area contributed by atoms with E-state index in [2.05, 4.69) is 16.4 Å². The average molecular weight is 248 g/mol. The Morgan fingerprint density at radius 3 is 3.11 bits per heavy atom. The number of hydrogen-bond acceptors (Lipinski definition) is 4. The number of nitrogens with zero attached hydrogens (tertiary/aromatic N) is 1. The molecule has 3 rings (SSSR count). The predicted molar refractivity (Wildman–Crippen MR) is 68.3 cm³/mol. The van der Waals surface area contributed by atoms with Crippen LogP contribution in [0.4, 0.5) is 0 Å². The molecule has 1 aliphatic carbocycles. The van der Waals surface area contributed by atoms with Crippen LogP contribution >= 0.6 is 0 Å². The summed E-state index contributed by atoms with van der Waals surface area (Å²) in [7, 11) is 0. The van der Waals surface area contributed by atoms with Crippen LogP contribution in [0.3, 0.4) is 0 Å². The van der Waals surface area contributed by atoms with Gasteiger partial charge in [-0.3, -0.25) is 4.98 Å². The average Bonchev–Trinajstić information content (AvgIpc) is 2.81. The van der Waals surface area contributed by atoms with Gasteiger partial charge in [0.15, 0.2) is 0 Å². The molecule has 2 heterocycles. The molecule has 1 atom stereocenters. The third-order valence-electron chi connectivity index (χ3n) is 4.06. The summed E-state index contributed by atoms with van der Waals surface area (Å²) in [6, 6.07) is 4.44. The second-order valence-corrected chi connectivity index (χ2v) is 5.36. The Balaban J connectivity index is 1.61. The fraction of sp³-hybridized carbons (Fsp3) is 0.643. The highest BCUT2D eigenvalue weighted by molar-refractivity contribution is 5.27. The van der Waals surface area contributed by atoms with Gasteiger partial charge in [0.1, 0.15) is 0 Å². The topological polar surface area (TPSA) is 54.4 Å². The molecule has 98 valence electrons. The number of aryl methyl sites for hydroxylation is 1. The van der Waals surface area contributed by atoms with Gasteiger partial charge in [0.05, 0.1) is 17.3 Å². The van der Waals surface area contributed by atoms with Crippen LogP contribution in [0.2, 0.25) is 0 Å². The maximum absolute atomic E-state index is 10.4.